The Hall–Kier alpha value is -17.2. The first kappa shape index (κ1) is 71.9. The summed E-state index contributed by atoms with van der Waals surface area (Å²) in [5.41, 5.74) is 0.375. The van der Waals surface area contributed by atoms with Crippen LogP contribution in [-0.2, 0) is 0 Å². The van der Waals surface area contributed by atoms with Crippen LogP contribution in [0.25, 0.3) is 0 Å². The van der Waals surface area contributed by atoms with Gasteiger partial charge in [-0.2, -0.15) is 0 Å². The molecule has 0 bridgehead atoms. The highest BCUT2D eigenvalue weighted by Gasteiger charge is 2.25. The Balaban J connectivity index is 0. The summed E-state index contributed by atoms with van der Waals surface area (Å²) < 4.78 is 1.02. The molecule has 0 rings (SSSR count). The lowest BCUT2D eigenvalue weighted by molar-refractivity contribution is -0.917. The zero-order chi connectivity index (χ0) is 63.4. The van der Waals surface area contributed by atoms with Gasteiger partial charge in [-0.3, -0.25) is 0 Å². The van der Waals surface area contributed by atoms with Gasteiger partial charge in [-0.15, -0.1) is 6.42 Å². The van der Waals surface area contributed by atoms with Crippen LogP contribution in [0, 0.1) is 462 Å². The maximum atomic E-state index is 4.95. The van der Waals surface area contributed by atoms with Crippen molar-refractivity contribution in [1.82, 2.24) is 0 Å². The molecule has 0 aromatic heterocycles. The van der Waals surface area contributed by atoms with Crippen molar-refractivity contribution in [2.45, 2.75) is 33.2 Å². The zero-order valence-electron chi connectivity index (χ0n) is 47.0. The molecule has 0 N–H and O–H groups in total. The summed E-state index contributed by atoms with van der Waals surface area (Å²) in [6, 6.07) is 0. The Labute approximate surface area is 518 Å². The van der Waals surface area contributed by atoms with Crippen LogP contribution in [-0.4, -0.2) is 31.2 Å². The molecular formula is C86H22N+. The molecule has 0 heterocycles. The molecule has 1 nitrogen and oxygen atoms in total. The van der Waals surface area contributed by atoms with Crippen LogP contribution in [0.2, 0.25) is 0 Å². The molecule has 0 aliphatic heterocycles. The van der Waals surface area contributed by atoms with Gasteiger partial charge in [0.25, 0.3) is 0 Å². The summed E-state index contributed by atoms with van der Waals surface area (Å²) >= 11 is 0. The highest BCUT2D eigenvalue weighted by atomic mass is 15.3. The van der Waals surface area contributed by atoms with Crippen molar-refractivity contribution in [3.8, 4) is 462 Å². The Morgan fingerprint density at radius 2 is 0.230 bits per heavy atom. The molecule has 0 saturated carbocycles. The van der Waals surface area contributed by atoms with Crippen LogP contribution < -0.4 is 0 Å². The third kappa shape index (κ3) is 66.8. The van der Waals surface area contributed by atoms with Crippen molar-refractivity contribution in [3.05, 3.63) is 0 Å². The molecule has 370 valence electrons. The fourth-order valence-electron chi connectivity index (χ4n) is 2.38. The normalized spacial score (nSPS) is 4.90. The van der Waals surface area contributed by atoms with Crippen LogP contribution in [0.4, 0.5) is 0 Å². The standard InChI is InChI=1S/C79H4.C7H18N/c1-3-5-7-9-11-13-15-17-19-21-23-25-27-29-31-33-35-37-39-41-43-45-47-49-51-53-55-57-59-61-63-65-67-69-71-73-75-77-79-78-76-74-72-70-68-66-64-62-60-58-56-54-52-50-48-46-44-42-40-38-36-34-32-30-28-26-24-22-20-18-16-14-12-10-8-6-4-2;1-7(2,3)8(4,5)6/h1H,2H3;1-6H3/q;+1. The van der Waals surface area contributed by atoms with E-state index in [1.807, 2.05) is 0 Å². The predicted molar refractivity (Wildman–Crippen MR) is 348 cm³/mol. The first-order chi connectivity index (χ1) is 42.7. The van der Waals surface area contributed by atoms with Gasteiger partial charge in [-0.05, 0) is 122 Å². The molecule has 0 saturated heterocycles. The quantitative estimate of drug-likeness (QED) is 0.259. The van der Waals surface area contributed by atoms with Crippen molar-refractivity contribution in [2.75, 3.05) is 21.1 Å². The maximum absolute atomic E-state index is 4.95. The minimum atomic E-state index is 0.375. The third-order valence-corrected chi connectivity index (χ3v) is 6.83. The van der Waals surface area contributed by atoms with Gasteiger partial charge in [-0.1, -0.05) is 5.92 Å². The van der Waals surface area contributed by atoms with E-state index >= 15 is 0 Å². The van der Waals surface area contributed by atoms with Crippen molar-refractivity contribution in [3.63, 3.8) is 0 Å². The van der Waals surface area contributed by atoms with E-state index in [1.54, 1.807) is 6.92 Å². The molecule has 0 spiro atoms. The summed E-state index contributed by atoms with van der Waals surface area (Å²) in [6.07, 6.45) is 4.95. The Morgan fingerprint density at radius 3 is 0.287 bits per heavy atom. The fourth-order valence-corrected chi connectivity index (χ4v) is 2.38. The Kier molecular flexibility index (Phi) is 50.7. The predicted octanol–water partition coefficient (Wildman–Crippen LogP) is 2.26. The van der Waals surface area contributed by atoms with Crippen molar-refractivity contribution >= 4 is 0 Å². The maximum Gasteiger partial charge on any atom is 0.0901 e. The molecule has 0 radical (unpaired) electrons. The molecule has 1 heteroatoms. The lowest BCUT2D eigenvalue weighted by Crippen LogP contribution is -2.50. The first-order valence-corrected chi connectivity index (χ1v) is 22.9. The highest BCUT2D eigenvalue weighted by Crippen LogP contribution is 2.14. The minimum absolute atomic E-state index is 0.375. The van der Waals surface area contributed by atoms with Crippen molar-refractivity contribution < 1.29 is 4.48 Å². The third-order valence-electron chi connectivity index (χ3n) is 6.83. The van der Waals surface area contributed by atoms with Crippen LogP contribution in [0.5, 0.6) is 0 Å². The van der Waals surface area contributed by atoms with Gasteiger partial charge in [0.05, 0.1) is 26.7 Å². The van der Waals surface area contributed by atoms with Gasteiger partial charge in [0.2, 0.25) is 0 Å². The lowest BCUT2D eigenvalue weighted by atomic mass is 10.1. The van der Waals surface area contributed by atoms with Gasteiger partial charge in [0.15, 0.2) is 0 Å². The van der Waals surface area contributed by atoms with Gasteiger partial charge >= 0.3 is 0 Å². The van der Waals surface area contributed by atoms with Crippen LogP contribution in [0.1, 0.15) is 27.7 Å². The van der Waals surface area contributed by atoms with Gasteiger partial charge < -0.3 is 4.48 Å². The molecule has 0 atom stereocenters. The molecule has 0 aromatic carbocycles. The number of rotatable bonds is 0. The monoisotopic (exact) mass is 1070 g/mol. The fraction of sp³-hybridized carbons (Fsp3) is 0.0930. The number of hydrogen-bond acceptors (Lipinski definition) is 0. The highest BCUT2D eigenvalue weighted by molar-refractivity contribution is 5.54. The van der Waals surface area contributed by atoms with Gasteiger partial charge in [0, 0.05) is 355 Å². The van der Waals surface area contributed by atoms with Gasteiger partial charge in [-0.25, -0.2) is 0 Å². The smallest absolute Gasteiger partial charge is 0.0901 e. The number of hydrogen-bond donors (Lipinski definition) is 0. The average molecular weight is 1070 g/mol. The Bertz CT molecular complexity index is 5540. The number of nitrogens with zero attached hydrogens (tertiary/aromatic N) is 1. The van der Waals surface area contributed by atoms with Crippen LogP contribution in [0.15, 0.2) is 0 Å². The van der Waals surface area contributed by atoms with Crippen LogP contribution >= 0.6 is 0 Å². The molecule has 0 aliphatic carbocycles. The molecule has 0 amide bonds. The van der Waals surface area contributed by atoms with Crippen molar-refractivity contribution in [2.24, 2.45) is 0 Å². The van der Waals surface area contributed by atoms with E-state index < -0.39 is 0 Å². The summed E-state index contributed by atoms with van der Waals surface area (Å²) in [5, 5.41) is 0. The zero-order valence-corrected chi connectivity index (χ0v) is 47.0. The second kappa shape index (κ2) is 61.3. The number of quaternary nitrogens is 1. The van der Waals surface area contributed by atoms with E-state index in [0.29, 0.717) is 5.54 Å². The molecular weight excluding hydrogens is 1050 g/mol. The topological polar surface area (TPSA) is 0 Å². The van der Waals surface area contributed by atoms with Crippen LogP contribution in [0.3, 0.4) is 0 Å². The summed E-state index contributed by atoms with van der Waals surface area (Å²) in [5.74, 6) is 192. The molecule has 0 aliphatic rings. The molecule has 0 aromatic rings. The van der Waals surface area contributed by atoms with E-state index in [9.17, 15) is 0 Å². The summed E-state index contributed by atoms with van der Waals surface area (Å²) in [4.78, 5) is 0. The second-order valence-electron chi connectivity index (χ2n) is 14.0. The Morgan fingerprint density at radius 1 is 0.161 bits per heavy atom. The van der Waals surface area contributed by atoms with E-state index in [0.717, 1.165) is 4.48 Å². The first-order valence-electron chi connectivity index (χ1n) is 22.9. The van der Waals surface area contributed by atoms with E-state index in [1.165, 1.54) is 0 Å². The molecule has 0 fully saturated rings. The molecule has 87 heavy (non-hydrogen) atoms. The summed E-state index contributed by atoms with van der Waals surface area (Å²) in [6.45, 7) is 8.41. The minimum Gasteiger partial charge on any atom is -0.327 e. The second-order valence-corrected chi connectivity index (χ2v) is 14.0. The van der Waals surface area contributed by atoms with E-state index in [4.69, 9.17) is 6.42 Å². The average Bonchev–Trinajstić information content (AvgIpc) is 3.71. The number of terminal acetylenes is 1. The van der Waals surface area contributed by atoms with E-state index in [-0.39, 0.29) is 0 Å². The SMILES string of the molecule is C#CC#CC#CC#CC#CC#CC#CC#CC#CC#CC#CC#CC#CC#CC#CC#CC#CC#CC#CC#CC#CC#CC#CC#CC#CC#CC#CC#CC#CC#CC#CC#CC#CC#CC#CC#CC#CC#CC#CC.CC(C)(C)[N+](C)(C)C. The van der Waals surface area contributed by atoms with Gasteiger partial charge in [0.1, 0.15) is 0 Å². The van der Waals surface area contributed by atoms with Crippen molar-refractivity contribution in [1.29, 1.82) is 0 Å². The summed E-state index contributed by atoms with van der Waals surface area (Å²) in [7, 11) is 6.62. The molecule has 0 unspecified atom stereocenters. The van der Waals surface area contributed by atoms with E-state index in [2.05, 4.69) is 498 Å². The largest absolute Gasteiger partial charge is 0.327 e. The lowest BCUT2D eigenvalue weighted by Gasteiger charge is -2.38.